The smallest absolute Gasteiger partial charge is 0.309 e. The van der Waals surface area contributed by atoms with E-state index in [1.165, 1.54) is 0 Å². The van der Waals surface area contributed by atoms with Crippen molar-refractivity contribution in [2.45, 2.75) is 13.3 Å². The summed E-state index contributed by atoms with van der Waals surface area (Å²) in [4.78, 5) is 14.9. The van der Waals surface area contributed by atoms with Crippen LogP contribution in [-0.2, 0) is 11.2 Å². The summed E-state index contributed by atoms with van der Waals surface area (Å²) in [5, 5.41) is 9.33. The molecule has 0 aliphatic heterocycles. The van der Waals surface area contributed by atoms with Gasteiger partial charge in [0.2, 0.25) is 0 Å². The lowest BCUT2D eigenvalue weighted by atomic mass is 10.2. The number of pyridine rings is 1. The van der Waals surface area contributed by atoms with E-state index in [0.29, 0.717) is 16.4 Å². The van der Waals surface area contributed by atoms with E-state index in [0.717, 1.165) is 5.69 Å². The molecule has 0 saturated carbocycles. The quantitative estimate of drug-likeness (QED) is 0.848. The number of nitrogens with zero attached hydrogens (tertiary/aromatic N) is 2. The van der Waals surface area contributed by atoms with Crippen LogP contribution < -0.4 is 0 Å². The number of carbonyl (C=O) groups is 1. The van der Waals surface area contributed by atoms with Gasteiger partial charge in [-0.1, -0.05) is 11.6 Å². The molecule has 15 heavy (non-hydrogen) atoms. The lowest BCUT2D eigenvalue weighted by Crippen LogP contribution is -2.04. The average Bonchev–Trinajstić information content (AvgIpc) is 2.43. The van der Waals surface area contributed by atoms with Gasteiger partial charge in [-0.15, -0.1) is 0 Å². The lowest BCUT2D eigenvalue weighted by Gasteiger charge is -1.99. The average molecular weight is 225 g/mol. The summed E-state index contributed by atoms with van der Waals surface area (Å²) in [5.41, 5.74) is 2.10. The predicted octanol–water partition coefficient (Wildman–Crippen LogP) is 1.92. The van der Waals surface area contributed by atoms with Crippen molar-refractivity contribution in [1.82, 2.24) is 9.38 Å². The number of hydrogen-bond acceptors (Lipinski definition) is 2. The first-order chi connectivity index (χ1) is 7.08. The SMILES string of the molecule is Cc1nc2ccc(Cl)cn2c1CC(=O)O. The third-order valence-corrected chi connectivity index (χ3v) is 2.42. The number of halogens is 1. The first kappa shape index (κ1) is 9.98. The molecule has 4 nitrogen and oxygen atoms in total. The normalized spacial score (nSPS) is 10.8. The molecule has 2 heterocycles. The van der Waals surface area contributed by atoms with Crippen LogP contribution in [0.25, 0.3) is 5.65 Å². The zero-order valence-electron chi connectivity index (χ0n) is 8.07. The maximum atomic E-state index is 10.7. The van der Waals surface area contributed by atoms with Crippen LogP contribution in [0.3, 0.4) is 0 Å². The third kappa shape index (κ3) is 1.80. The van der Waals surface area contributed by atoms with Crippen molar-refractivity contribution < 1.29 is 9.90 Å². The Morgan fingerprint density at radius 1 is 1.60 bits per heavy atom. The summed E-state index contributed by atoms with van der Waals surface area (Å²) in [6.07, 6.45) is 1.63. The van der Waals surface area contributed by atoms with Gasteiger partial charge in [-0.2, -0.15) is 0 Å². The Morgan fingerprint density at radius 3 is 3.00 bits per heavy atom. The van der Waals surface area contributed by atoms with E-state index in [1.807, 2.05) is 0 Å². The molecule has 0 bridgehead atoms. The van der Waals surface area contributed by atoms with Gasteiger partial charge in [-0.25, -0.2) is 4.98 Å². The van der Waals surface area contributed by atoms with Crippen LogP contribution in [0, 0.1) is 6.92 Å². The fraction of sp³-hybridized carbons (Fsp3) is 0.200. The number of rotatable bonds is 2. The van der Waals surface area contributed by atoms with Crippen molar-refractivity contribution in [2.75, 3.05) is 0 Å². The van der Waals surface area contributed by atoms with Crippen LogP contribution in [0.15, 0.2) is 18.3 Å². The van der Waals surface area contributed by atoms with Crippen molar-refractivity contribution in [3.63, 3.8) is 0 Å². The minimum absolute atomic E-state index is 0.0483. The molecule has 0 spiro atoms. The summed E-state index contributed by atoms with van der Waals surface area (Å²) in [5.74, 6) is -0.875. The Labute approximate surface area is 91.1 Å². The fourth-order valence-corrected chi connectivity index (χ4v) is 1.70. The summed E-state index contributed by atoms with van der Waals surface area (Å²) < 4.78 is 1.71. The fourth-order valence-electron chi connectivity index (χ4n) is 1.54. The molecular weight excluding hydrogens is 216 g/mol. The summed E-state index contributed by atoms with van der Waals surface area (Å²) in [6.45, 7) is 1.79. The van der Waals surface area contributed by atoms with E-state index in [4.69, 9.17) is 16.7 Å². The molecule has 2 aromatic heterocycles. The molecule has 5 heteroatoms. The van der Waals surface area contributed by atoms with Crippen LogP contribution in [-0.4, -0.2) is 20.5 Å². The largest absolute Gasteiger partial charge is 0.481 e. The van der Waals surface area contributed by atoms with Crippen molar-refractivity contribution in [3.8, 4) is 0 Å². The van der Waals surface area contributed by atoms with Gasteiger partial charge in [0.25, 0.3) is 0 Å². The number of aromatic nitrogens is 2. The molecule has 0 aliphatic rings. The second-order valence-corrected chi connectivity index (χ2v) is 3.73. The van der Waals surface area contributed by atoms with Crippen molar-refractivity contribution in [1.29, 1.82) is 0 Å². The number of fused-ring (bicyclic) bond motifs is 1. The molecule has 0 aromatic carbocycles. The monoisotopic (exact) mass is 224 g/mol. The molecule has 0 atom stereocenters. The summed E-state index contributed by atoms with van der Waals surface area (Å²) >= 11 is 5.84. The van der Waals surface area contributed by atoms with Crippen molar-refractivity contribution in [3.05, 3.63) is 34.7 Å². The number of hydrogen-bond donors (Lipinski definition) is 1. The van der Waals surface area contributed by atoms with E-state index in [1.54, 1.807) is 29.7 Å². The van der Waals surface area contributed by atoms with Crippen LogP contribution >= 0.6 is 11.6 Å². The molecule has 1 N–H and O–H groups in total. The topological polar surface area (TPSA) is 54.6 Å². The van der Waals surface area contributed by atoms with Crippen molar-refractivity contribution in [2.24, 2.45) is 0 Å². The van der Waals surface area contributed by atoms with E-state index in [9.17, 15) is 4.79 Å². The minimum Gasteiger partial charge on any atom is -0.481 e. The second kappa shape index (κ2) is 3.55. The number of carboxylic acid groups (broad SMARTS) is 1. The Bertz CT molecular complexity index is 533. The second-order valence-electron chi connectivity index (χ2n) is 3.29. The van der Waals surface area contributed by atoms with Gasteiger partial charge >= 0.3 is 5.97 Å². The molecule has 78 valence electrons. The molecule has 0 radical (unpaired) electrons. The van der Waals surface area contributed by atoms with Gasteiger partial charge in [-0.05, 0) is 19.1 Å². The van der Waals surface area contributed by atoms with Gasteiger partial charge in [0.15, 0.2) is 0 Å². The lowest BCUT2D eigenvalue weighted by molar-refractivity contribution is -0.136. The highest BCUT2D eigenvalue weighted by Crippen LogP contribution is 2.16. The highest BCUT2D eigenvalue weighted by atomic mass is 35.5. The maximum Gasteiger partial charge on any atom is 0.309 e. The molecule has 0 saturated heterocycles. The molecule has 0 amide bonds. The Balaban J connectivity index is 2.65. The van der Waals surface area contributed by atoms with E-state index in [2.05, 4.69) is 4.98 Å². The van der Waals surface area contributed by atoms with Crippen molar-refractivity contribution >= 4 is 23.2 Å². The number of aryl methyl sites for hydroxylation is 1. The van der Waals surface area contributed by atoms with Gasteiger partial charge < -0.3 is 9.51 Å². The molecule has 0 unspecified atom stereocenters. The zero-order chi connectivity index (χ0) is 11.0. The maximum absolute atomic E-state index is 10.7. The zero-order valence-corrected chi connectivity index (χ0v) is 8.82. The molecule has 0 aliphatic carbocycles. The highest BCUT2D eigenvalue weighted by molar-refractivity contribution is 6.30. The molecule has 2 aromatic rings. The van der Waals surface area contributed by atoms with Crippen LogP contribution in [0.5, 0.6) is 0 Å². The Morgan fingerprint density at radius 2 is 2.33 bits per heavy atom. The third-order valence-electron chi connectivity index (χ3n) is 2.20. The summed E-state index contributed by atoms with van der Waals surface area (Å²) in [6, 6.07) is 3.49. The van der Waals surface area contributed by atoms with E-state index >= 15 is 0 Å². The number of imidazole rings is 1. The minimum atomic E-state index is -0.875. The Hall–Kier alpha value is -1.55. The van der Waals surface area contributed by atoms with E-state index < -0.39 is 5.97 Å². The Kier molecular flexibility index (Phi) is 2.36. The van der Waals surface area contributed by atoms with Crippen LogP contribution in [0.4, 0.5) is 0 Å². The van der Waals surface area contributed by atoms with Gasteiger partial charge in [0, 0.05) is 6.20 Å². The summed E-state index contributed by atoms with van der Waals surface area (Å²) in [7, 11) is 0. The first-order valence-corrected chi connectivity index (χ1v) is 4.80. The number of carboxylic acids is 1. The van der Waals surface area contributed by atoms with Crippen LogP contribution in [0.2, 0.25) is 5.02 Å². The molecule has 2 rings (SSSR count). The van der Waals surface area contributed by atoms with Crippen LogP contribution in [0.1, 0.15) is 11.4 Å². The van der Waals surface area contributed by atoms with Gasteiger partial charge in [0.05, 0.1) is 22.8 Å². The van der Waals surface area contributed by atoms with Gasteiger partial charge in [0.1, 0.15) is 5.65 Å². The first-order valence-electron chi connectivity index (χ1n) is 4.43. The number of aliphatic carboxylic acids is 1. The molecular formula is C10H9ClN2O2. The highest BCUT2D eigenvalue weighted by Gasteiger charge is 2.11. The predicted molar refractivity (Wildman–Crippen MR) is 56.3 cm³/mol. The standard InChI is InChI=1S/C10H9ClN2O2/c1-6-8(4-10(14)15)13-5-7(11)2-3-9(13)12-6/h2-3,5H,4H2,1H3,(H,14,15). The molecule has 0 fully saturated rings. The van der Waals surface area contributed by atoms with Gasteiger partial charge in [-0.3, -0.25) is 4.79 Å². The van der Waals surface area contributed by atoms with E-state index in [-0.39, 0.29) is 6.42 Å².